The van der Waals surface area contributed by atoms with Crippen LogP contribution in [0.5, 0.6) is 0 Å². The van der Waals surface area contributed by atoms with Crippen molar-refractivity contribution >= 4 is 16.8 Å². The number of hydrogen-bond acceptors (Lipinski definition) is 4. The molecular weight excluding hydrogens is 296 g/mol. The van der Waals surface area contributed by atoms with E-state index in [9.17, 15) is 14.4 Å². The third kappa shape index (κ3) is 3.68. The van der Waals surface area contributed by atoms with Crippen molar-refractivity contribution in [2.45, 2.75) is 20.4 Å². The highest BCUT2D eigenvalue weighted by Crippen LogP contribution is 2.14. The first kappa shape index (κ1) is 17.0. The molecule has 1 aromatic carbocycles. The monoisotopic (exact) mass is 318 g/mol. The lowest BCUT2D eigenvalue weighted by atomic mass is 9.93. The molecule has 0 unspecified atom stereocenters. The minimum absolute atomic E-state index is 0.231. The number of H-pyrrole nitrogens is 1. The van der Waals surface area contributed by atoms with Crippen LogP contribution in [-0.4, -0.2) is 40.5 Å². The largest absolute Gasteiger partial charge is 0.344 e. The standard InChI is InChI=1S/C16H22N4O3/c1-16(2,9-17)10-19(3)13(21)8-20-14(22)11-6-4-5-7-12(11)18-15(20)23/h4-7H,8-10,17H2,1-3H3,(H,18,23). The van der Waals surface area contributed by atoms with Crippen LogP contribution >= 0.6 is 0 Å². The van der Waals surface area contributed by atoms with Gasteiger partial charge < -0.3 is 15.6 Å². The van der Waals surface area contributed by atoms with Crippen LogP contribution in [0.2, 0.25) is 0 Å². The molecule has 1 heterocycles. The molecule has 0 aliphatic heterocycles. The average molecular weight is 318 g/mol. The fourth-order valence-corrected chi connectivity index (χ4v) is 2.39. The van der Waals surface area contributed by atoms with Gasteiger partial charge in [-0.1, -0.05) is 26.0 Å². The number of aromatic nitrogens is 2. The number of nitrogens with one attached hydrogen (secondary N) is 1. The van der Waals surface area contributed by atoms with Crippen molar-refractivity contribution in [2.75, 3.05) is 20.1 Å². The number of para-hydroxylation sites is 1. The van der Waals surface area contributed by atoms with Crippen molar-refractivity contribution in [1.29, 1.82) is 0 Å². The van der Waals surface area contributed by atoms with Gasteiger partial charge in [0.15, 0.2) is 0 Å². The molecule has 2 rings (SSSR count). The molecule has 0 aliphatic carbocycles. The Bertz CT molecular complexity index is 835. The normalized spacial score (nSPS) is 11.7. The van der Waals surface area contributed by atoms with Crippen LogP contribution in [0.3, 0.4) is 0 Å². The van der Waals surface area contributed by atoms with Crippen LogP contribution in [0.1, 0.15) is 13.8 Å². The lowest BCUT2D eigenvalue weighted by molar-refractivity contribution is -0.131. The van der Waals surface area contributed by atoms with Crippen molar-refractivity contribution in [3.05, 3.63) is 45.1 Å². The Hall–Kier alpha value is -2.41. The molecule has 124 valence electrons. The fourth-order valence-electron chi connectivity index (χ4n) is 2.39. The number of amides is 1. The second-order valence-electron chi connectivity index (χ2n) is 6.49. The topological polar surface area (TPSA) is 101 Å². The minimum atomic E-state index is -0.589. The molecule has 0 bridgehead atoms. The number of hydrogen-bond donors (Lipinski definition) is 2. The third-order valence-electron chi connectivity index (χ3n) is 3.83. The summed E-state index contributed by atoms with van der Waals surface area (Å²) in [5.74, 6) is -0.311. The van der Waals surface area contributed by atoms with Crippen molar-refractivity contribution in [1.82, 2.24) is 14.5 Å². The maximum absolute atomic E-state index is 12.4. The molecule has 23 heavy (non-hydrogen) atoms. The summed E-state index contributed by atoms with van der Waals surface area (Å²) in [6.07, 6.45) is 0. The van der Waals surface area contributed by atoms with Crippen LogP contribution in [0.25, 0.3) is 10.9 Å². The number of likely N-dealkylation sites (N-methyl/N-ethyl adjacent to an activating group) is 1. The van der Waals surface area contributed by atoms with Crippen LogP contribution in [-0.2, 0) is 11.3 Å². The Morgan fingerprint density at radius 1 is 1.30 bits per heavy atom. The highest BCUT2D eigenvalue weighted by atomic mass is 16.2. The van der Waals surface area contributed by atoms with Gasteiger partial charge in [-0.15, -0.1) is 0 Å². The summed E-state index contributed by atoms with van der Waals surface area (Å²) in [4.78, 5) is 40.9. The highest BCUT2D eigenvalue weighted by molar-refractivity contribution is 5.78. The van der Waals surface area contributed by atoms with Gasteiger partial charge >= 0.3 is 5.69 Å². The number of benzene rings is 1. The number of carbonyl (C=O) groups excluding carboxylic acids is 1. The summed E-state index contributed by atoms with van der Waals surface area (Å²) >= 11 is 0. The van der Waals surface area contributed by atoms with Gasteiger partial charge in [-0.2, -0.15) is 0 Å². The van der Waals surface area contributed by atoms with E-state index in [1.807, 2.05) is 13.8 Å². The molecule has 0 saturated heterocycles. The second-order valence-corrected chi connectivity index (χ2v) is 6.49. The summed E-state index contributed by atoms with van der Waals surface area (Å²) in [5.41, 5.74) is 4.84. The molecular formula is C16H22N4O3. The number of carbonyl (C=O) groups is 1. The van der Waals surface area contributed by atoms with Gasteiger partial charge in [-0.05, 0) is 24.1 Å². The summed E-state index contributed by atoms with van der Waals surface area (Å²) in [7, 11) is 1.64. The fraction of sp³-hybridized carbons (Fsp3) is 0.438. The highest BCUT2D eigenvalue weighted by Gasteiger charge is 2.22. The first-order chi connectivity index (χ1) is 10.7. The molecule has 0 saturated carbocycles. The maximum atomic E-state index is 12.4. The molecule has 0 radical (unpaired) electrons. The maximum Gasteiger partial charge on any atom is 0.329 e. The molecule has 0 spiro atoms. The van der Waals surface area contributed by atoms with Crippen molar-refractivity contribution < 1.29 is 4.79 Å². The number of rotatable bonds is 5. The predicted octanol–water partition coefficient (Wildman–Crippen LogP) is 0.133. The number of fused-ring (bicyclic) bond motifs is 1. The molecule has 7 heteroatoms. The summed E-state index contributed by atoms with van der Waals surface area (Å²) < 4.78 is 0.927. The lowest BCUT2D eigenvalue weighted by Gasteiger charge is -2.29. The van der Waals surface area contributed by atoms with E-state index in [2.05, 4.69) is 4.98 Å². The van der Waals surface area contributed by atoms with Crippen LogP contribution in [0.4, 0.5) is 0 Å². The zero-order valence-corrected chi connectivity index (χ0v) is 13.6. The number of aromatic amines is 1. The van der Waals surface area contributed by atoms with E-state index in [0.29, 0.717) is 24.0 Å². The molecule has 0 fully saturated rings. The van der Waals surface area contributed by atoms with Crippen molar-refractivity contribution in [3.63, 3.8) is 0 Å². The van der Waals surface area contributed by atoms with Crippen LogP contribution in [0, 0.1) is 5.41 Å². The first-order valence-corrected chi connectivity index (χ1v) is 7.41. The predicted molar refractivity (Wildman–Crippen MR) is 89.3 cm³/mol. The van der Waals surface area contributed by atoms with E-state index in [1.165, 1.54) is 4.90 Å². The van der Waals surface area contributed by atoms with E-state index in [-0.39, 0.29) is 17.9 Å². The van der Waals surface area contributed by atoms with Crippen molar-refractivity contribution in [3.8, 4) is 0 Å². The number of nitrogens with zero attached hydrogens (tertiary/aromatic N) is 2. The first-order valence-electron chi connectivity index (χ1n) is 7.41. The van der Waals surface area contributed by atoms with Gasteiger partial charge in [0.25, 0.3) is 5.56 Å². The van der Waals surface area contributed by atoms with Crippen LogP contribution in [0.15, 0.2) is 33.9 Å². The third-order valence-corrected chi connectivity index (χ3v) is 3.83. The molecule has 0 aliphatic rings. The van der Waals surface area contributed by atoms with E-state index < -0.39 is 11.2 Å². The lowest BCUT2D eigenvalue weighted by Crippen LogP contribution is -2.44. The van der Waals surface area contributed by atoms with Gasteiger partial charge in [0.2, 0.25) is 5.91 Å². The van der Waals surface area contributed by atoms with Crippen molar-refractivity contribution in [2.24, 2.45) is 11.1 Å². The molecule has 1 amide bonds. The Kier molecular flexibility index (Phi) is 4.70. The minimum Gasteiger partial charge on any atom is -0.344 e. The Labute approximate surface area is 133 Å². The summed E-state index contributed by atoms with van der Waals surface area (Å²) in [5, 5.41) is 0.379. The zero-order chi connectivity index (χ0) is 17.2. The second kappa shape index (κ2) is 6.37. The smallest absolute Gasteiger partial charge is 0.329 e. The summed E-state index contributed by atoms with van der Waals surface area (Å²) in [6, 6.07) is 6.72. The van der Waals surface area contributed by atoms with Gasteiger partial charge in [-0.25, -0.2) is 4.79 Å². The molecule has 3 N–H and O–H groups in total. The zero-order valence-electron chi connectivity index (χ0n) is 13.6. The Balaban J connectivity index is 2.30. The van der Waals surface area contributed by atoms with Crippen LogP contribution < -0.4 is 17.0 Å². The van der Waals surface area contributed by atoms with Gasteiger partial charge in [-0.3, -0.25) is 14.2 Å². The quantitative estimate of drug-likeness (QED) is 0.818. The summed E-state index contributed by atoms with van der Waals surface area (Å²) in [6.45, 7) is 4.48. The Morgan fingerprint density at radius 2 is 1.96 bits per heavy atom. The Morgan fingerprint density at radius 3 is 2.61 bits per heavy atom. The van der Waals surface area contributed by atoms with Gasteiger partial charge in [0.05, 0.1) is 10.9 Å². The van der Waals surface area contributed by atoms with E-state index in [0.717, 1.165) is 4.57 Å². The van der Waals surface area contributed by atoms with E-state index >= 15 is 0 Å². The number of nitrogens with two attached hydrogens (primary N) is 1. The van der Waals surface area contributed by atoms with Gasteiger partial charge in [0.1, 0.15) is 6.54 Å². The van der Waals surface area contributed by atoms with E-state index in [1.54, 1.807) is 31.3 Å². The SMILES string of the molecule is CN(CC(C)(C)CN)C(=O)Cn1c(=O)[nH]c2ccccc2c1=O. The van der Waals surface area contributed by atoms with E-state index in [4.69, 9.17) is 5.73 Å². The average Bonchev–Trinajstić information content (AvgIpc) is 2.50. The van der Waals surface area contributed by atoms with Gasteiger partial charge in [0, 0.05) is 13.6 Å². The molecule has 2 aromatic rings. The molecule has 1 aromatic heterocycles. The molecule has 7 nitrogen and oxygen atoms in total. The molecule has 0 atom stereocenters.